The van der Waals surface area contributed by atoms with Gasteiger partial charge in [0.2, 0.25) is 0 Å². The van der Waals surface area contributed by atoms with Crippen LogP contribution in [0.3, 0.4) is 0 Å². The van der Waals surface area contributed by atoms with E-state index in [2.05, 4.69) is 35.1 Å². The highest BCUT2D eigenvalue weighted by Crippen LogP contribution is 2.31. The van der Waals surface area contributed by atoms with Crippen LogP contribution in [0.1, 0.15) is 17.0 Å². The summed E-state index contributed by atoms with van der Waals surface area (Å²) >= 11 is 0. The zero-order chi connectivity index (χ0) is 13.6. The van der Waals surface area contributed by atoms with Crippen LogP contribution in [0.2, 0.25) is 0 Å². The summed E-state index contributed by atoms with van der Waals surface area (Å²) in [4.78, 5) is 9.32. The van der Waals surface area contributed by atoms with E-state index in [1.165, 1.54) is 5.56 Å². The van der Waals surface area contributed by atoms with E-state index in [1.807, 2.05) is 19.9 Å². The van der Waals surface area contributed by atoms with Crippen LogP contribution in [0.4, 0.5) is 0 Å². The molecular formula is C16H16N2O. The van der Waals surface area contributed by atoms with Crippen molar-refractivity contribution in [2.75, 3.05) is 7.11 Å². The molecule has 2 heterocycles. The number of aryl methyl sites for hydroxylation is 3. The maximum atomic E-state index is 5.45. The Morgan fingerprint density at radius 3 is 2.11 bits per heavy atom. The highest BCUT2D eigenvalue weighted by molar-refractivity contribution is 6.06. The van der Waals surface area contributed by atoms with Crippen LogP contribution < -0.4 is 4.74 Å². The molecule has 3 nitrogen and oxygen atoms in total. The number of aromatic nitrogens is 2. The standard InChI is InChI=1S/C16H16N2O/c1-9-7-10(2)17-15-12(9)5-6-13-14(19-4)8-11(3)18-16(13)15/h5-8H,1-4H3. The molecule has 0 saturated heterocycles. The van der Waals surface area contributed by atoms with Gasteiger partial charge >= 0.3 is 0 Å². The van der Waals surface area contributed by atoms with Crippen molar-refractivity contribution in [1.82, 2.24) is 9.97 Å². The smallest absolute Gasteiger partial charge is 0.130 e. The number of hydrogen-bond donors (Lipinski definition) is 0. The quantitative estimate of drug-likeness (QED) is 0.619. The molecule has 3 rings (SSSR count). The van der Waals surface area contributed by atoms with Gasteiger partial charge in [-0.15, -0.1) is 0 Å². The van der Waals surface area contributed by atoms with Crippen molar-refractivity contribution in [2.45, 2.75) is 20.8 Å². The van der Waals surface area contributed by atoms with Gasteiger partial charge in [-0.3, -0.25) is 9.97 Å². The fraction of sp³-hybridized carbons (Fsp3) is 0.250. The molecule has 0 aliphatic carbocycles. The first-order chi connectivity index (χ1) is 9.10. The molecule has 1 aromatic carbocycles. The molecule has 0 aliphatic rings. The molecule has 0 atom stereocenters. The summed E-state index contributed by atoms with van der Waals surface area (Å²) in [5.41, 5.74) is 5.06. The average Bonchev–Trinajstić information content (AvgIpc) is 2.37. The third-order valence-corrected chi connectivity index (χ3v) is 3.40. The molecule has 0 fully saturated rings. The summed E-state index contributed by atoms with van der Waals surface area (Å²) < 4.78 is 5.45. The molecule has 0 unspecified atom stereocenters. The van der Waals surface area contributed by atoms with Gasteiger partial charge in [-0.25, -0.2) is 0 Å². The van der Waals surface area contributed by atoms with E-state index >= 15 is 0 Å². The van der Waals surface area contributed by atoms with Gasteiger partial charge in [0, 0.05) is 28.2 Å². The first-order valence-corrected chi connectivity index (χ1v) is 6.32. The number of ether oxygens (including phenoxy) is 1. The third-order valence-electron chi connectivity index (χ3n) is 3.40. The molecule has 0 radical (unpaired) electrons. The summed E-state index contributed by atoms with van der Waals surface area (Å²) in [7, 11) is 1.69. The van der Waals surface area contributed by atoms with E-state index in [0.717, 1.165) is 38.9 Å². The van der Waals surface area contributed by atoms with E-state index in [4.69, 9.17) is 4.74 Å². The van der Waals surface area contributed by atoms with Crippen LogP contribution in [0.15, 0.2) is 24.3 Å². The van der Waals surface area contributed by atoms with Gasteiger partial charge in [0.25, 0.3) is 0 Å². The Balaban J connectivity index is 2.55. The van der Waals surface area contributed by atoms with Gasteiger partial charge in [-0.1, -0.05) is 6.07 Å². The number of hydrogen-bond acceptors (Lipinski definition) is 3. The lowest BCUT2D eigenvalue weighted by atomic mass is 10.0. The summed E-state index contributed by atoms with van der Waals surface area (Å²) in [5.74, 6) is 0.852. The van der Waals surface area contributed by atoms with E-state index in [9.17, 15) is 0 Å². The molecule has 0 bridgehead atoms. The SMILES string of the molecule is COc1cc(C)nc2c1ccc1c(C)cc(C)nc12. The Bertz CT molecular complexity index is 794. The maximum Gasteiger partial charge on any atom is 0.130 e. The molecule has 96 valence electrons. The molecule has 0 spiro atoms. The van der Waals surface area contributed by atoms with E-state index in [1.54, 1.807) is 7.11 Å². The van der Waals surface area contributed by atoms with Gasteiger partial charge < -0.3 is 4.74 Å². The molecule has 0 aliphatic heterocycles. The minimum Gasteiger partial charge on any atom is -0.496 e. The van der Waals surface area contributed by atoms with Gasteiger partial charge in [0.1, 0.15) is 11.3 Å². The predicted octanol–water partition coefficient (Wildman–Crippen LogP) is 3.72. The second-order valence-corrected chi connectivity index (χ2v) is 4.90. The highest BCUT2D eigenvalue weighted by Gasteiger charge is 2.10. The number of rotatable bonds is 1. The van der Waals surface area contributed by atoms with Crippen LogP contribution in [0.25, 0.3) is 21.8 Å². The number of fused-ring (bicyclic) bond motifs is 3. The largest absolute Gasteiger partial charge is 0.496 e. The Labute approximate surface area is 112 Å². The number of benzene rings is 1. The third kappa shape index (κ3) is 1.82. The van der Waals surface area contributed by atoms with Crippen molar-refractivity contribution in [3.05, 3.63) is 41.2 Å². The van der Waals surface area contributed by atoms with E-state index in [0.29, 0.717) is 0 Å². The van der Waals surface area contributed by atoms with Crippen molar-refractivity contribution in [3.63, 3.8) is 0 Å². The zero-order valence-corrected chi connectivity index (χ0v) is 11.6. The first kappa shape index (κ1) is 11.9. The topological polar surface area (TPSA) is 35.0 Å². The fourth-order valence-corrected chi connectivity index (χ4v) is 2.57. The summed E-state index contributed by atoms with van der Waals surface area (Å²) in [6.45, 7) is 6.09. The van der Waals surface area contributed by atoms with Gasteiger partial charge in [-0.05, 0) is 38.5 Å². The minimum atomic E-state index is 0.852. The van der Waals surface area contributed by atoms with Gasteiger partial charge in [0.05, 0.1) is 12.6 Å². The fourth-order valence-electron chi connectivity index (χ4n) is 2.57. The lowest BCUT2D eigenvalue weighted by Gasteiger charge is -2.10. The summed E-state index contributed by atoms with van der Waals surface area (Å²) in [6, 6.07) is 8.21. The average molecular weight is 252 g/mol. The number of nitrogens with zero attached hydrogens (tertiary/aromatic N) is 2. The van der Waals surface area contributed by atoms with Crippen molar-refractivity contribution in [3.8, 4) is 5.75 Å². The molecule has 0 N–H and O–H groups in total. The van der Waals surface area contributed by atoms with Crippen LogP contribution in [0.5, 0.6) is 5.75 Å². The van der Waals surface area contributed by atoms with Crippen LogP contribution in [-0.4, -0.2) is 17.1 Å². The molecule has 19 heavy (non-hydrogen) atoms. The van der Waals surface area contributed by atoms with Crippen molar-refractivity contribution in [1.29, 1.82) is 0 Å². The predicted molar refractivity (Wildman–Crippen MR) is 77.8 cm³/mol. The highest BCUT2D eigenvalue weighted by atomic mass is 16.5. The van der Waals surface area contributed by atoms with Crippen LogP contribution in [0, 0.1) is 20.8 Å². The zero-order valence-electron chi connectivity index (χ0n) is 11.6. The van der Waals surface area contributed by atoms with Crippen molar-refractivity contribution >= 4 is 21.8 Å². The van der Waals surface area contributed by atoms with Crippen molar-refractivity contribution < 1.29 is 4.74 Å². The molecule has 0 saturated carbocycles. The Kier molecular flexibility index (Phi) is 2.63. The lowest BCUT2D eigenvalue weighted by molar-refractivity contribution is 0.419. The second-order valence-electron chi connectivity index (χ2n) is 4.90. The summed E-state index contributed by atoms with van der Waals surface area (Å²) in [6.07, 6.45) is 0. The van der Waals surface area contributed by atoms with Gasteiger partial charge in [-0.2, -0.15) is 0 Å². The van der Waals surface area contributed by atoms with E-state index < -0.39 is 0 Å². The Morgan fingerprint density at radius 2 is 1.42 bits per heavy atom. The Hall–Kier alpha value is -2.16. The monoisotopic (exact) mass is 252 g/mol. The number of methoxy groups -OCH3 is 1. The normalized spacial score (nSPS) is 11.2. The van der Waals surface area contributed by atoms with Gasteiger partial charge in [0.15, 0.2) is 0 Å². The second kappa shape index (κ2) is 4.19. The van der Waals surface area contributed by atoms with E-state index in [-0.39, 0.29) is 0 Å². The molecule has 0 amide bonds. The number of pyridine rings is 2. The molecule has 3 heteroatoms. The minimum absolute atomic E-state index is 0.852. The summed E-state index contributed by atoms with van der Waals surface area (Å²) in [5, 5.41) is 2.16. The molecule has 3 aromatic rings. The van der Waals surface area contributed by atoms with Crippen LogP contribution >= 0.6 is 0 Å². The first-order valence-electron chi connectivity index (χ1n) is 6.32. The van der Waals surface area contributed by atoms with Crippen LogP contribution in [-0.2, 0) is 0 Å². The molecular weight excluding hydrogens is 236 g/mol. The lowest BCUT2D eigenvalue weighted by Crippen LogP contribution is -1.94. The molecule has 2 aromatic heterocycles. The van der Waals surface area contributed by atoms with Crippen molar-refractivity contribution in [2.24, 2.45) is 0 Å². The maximum absolute atomic E-state index is 5.45. The Morgan fingerprint density at radius 1 is 0.842 bits per heavy atom.